The van der Waals surface area contributed by atoms with Crippen molar-refractivity contribution < 1.29 is 10.0 Å². The highest BCUT2D eigenvalue weighted by Crippen LogP contribution is 2.26. The van der Waals surface area contributed by atoms with E-state index in [9.17, 15) is 4.79 Å². The molecule has 7 nitrogen and oxygen atoms in total. The molecule has 1 heterocycles. The van der Waals surface area contributed by atoms with Crippen molar-refractivity contribution in [1.82, 2.24) is 4.98 Å². The first-order valence-corrected chi connectivity index (χ1v) is 6.11. The Morgan fingerprint density at radius 1 is 1.29 bits per heavy atom. The van der Waals surface area contributed by atoms with Gasteiger partial charge in [0.2, 0.25) is 0 Å². The normalized spacial score (nSPS) is 11.2. The predicted octanol–water partition coefficient (Wildman–Crippen LogP) is 1.04. The molecule has 0 fully saturated rings. The number of amidine groups is 1. The van der Waals surface area contributed by atoms with Crippen LogP contribution in [0, 0.1) is 0 Å². The maximum absolute atomic E-state index is 11.2. The Balaban J connectivity index is 2.48. The molecule has 7 heteroatoms. The molecule has 0 aliphatic carbocycles. The lowest BCUT2D eigenvalue weighted by molar-refractivity contribution is 0.0995. The molecule has 0 saturated heterocycles. The van der Waals surface area contributed by atoms with Gasteiger partial charge in [-0.2, -0.15) is 0 Å². The number of nitrogens with zero attached hydrogens (tertiary/aromatic N) is 3. The Hall–Kier alpha value is -3.09. The minimum atomic E-state index is -0.602. The number of carbonyl (C=O) groups excluding carboxylic acids is 1. The van der Waals surface area contributed by atoms with Crippen LogP contribution in [-0.4, -0.2) is 29.0 Å². The van der Waals surface area contributed by atoms with Crippen molar-refractivity contribution in [3.05, 3.63) is 53.9 Å². The molecule has 2 rings (SSSR count). The number of anilines is 2. The van der Waals surface area contributed by atoms with E-state index in [-0.39, 0.29) is 11.5 Å². The number of pyridine rings is 1. The molecule has 0 atom stereocenters. The Labute approximate surface area is 121 Å². The van der Waals surface area contributed by atoms with Crippen molar-refractivity contribution in [3.8, 4) is 0 Å². The number of amides is 1. The minimum absolute atomic E-state index is 0.00151. The highest BCUT2D eigenvalue weighted by atomic mass is 16.4. The maximum Gasteiger partial charge on any atom is 0.267 e. The maximum atomic E-state index is 11.2. The van der Waals surface area contributed by atoms with Gasteiger partial charge in [-0.25, -0.2) is 0 Å². The zero-order valence-electron chi connectivity index (χ0n) is 11.4. The second-order valence-electron chi connectivity index (χ2n) is 4.32. The van der Waals surface area contributed by atoms with Crippen LogP contribution in [0.2, 0.25) is 0 Å². The average molecular weight is 285 g/mol. The number of para-hydroxylation sites is 1. The van der Waals surface area contributed by atoms with Gasteiger partial charge in [-0.15, -0.1) is 0 Å². The number of hydrogen-bond donors (Lipinski definition) is 3. The van der Waals surface area contributed by atoms with E-state index in [4.69, 9.17) is 16.7 Å². The van der Waals surface area contributed by atoms with Crippen LogP contribution in [-0.2, 0) is 0 Å². The molecule has 2 aromatic rings. The molecule has 1 aromatic carbocycles. The van der Waals surface area contributed by atoms with E-state index in [1.165, 1.54) is 6.20 Å². The van der Waals surface area contributed by atoms with Crippen molar-refractivity contribution in [1.29, 1.82) is 0 Å². The number of aromatic nitrogens is 1. The minimum Gasteiger partial charge on any atom is -0.409 e. The van der Waals surface area contributed by atoms with Crippen LogP contribution in [0.15, 0.2) is 47.8 Å². The van der Waals surface area contributed by atoms with Crippen LogP contribution in [0.1, 0.15) is 16.1 Å². The summed E-state index contributed by atoms with van der Waals surface area (Å²) in [5, 5.41) is 11.9. The van der Waals surface area contributed by atoms with Gasteiger partial charge in [0.25, 0.3) is 5.91 Å². The Kier molecular flexibility index (Phi) is 4.03. The van der Waals surface area contributed by atoms with Gasteiger partial charge >= 0.3 is 0 Å². The van der Waals surface area contributed by atoms with Crippen molar-refractivity contribution in [2.45, 2.75) is 0 Å². The Bertz CT molecular complexity index is 699. The second kappa shape index (κ2) is 5.91. The fourth-order valence-electron chi connectivity index (χ4n) is 1.94. The average Bonchev–Trinajstić information content (AvgIpc) is 2.53. The number of nitrogens with two attached hydrogens (primary N) is 2. The lowest BCUT2D eigenvalue weighted by atomic mass is 10.1. The van der Waals surface area contributed by atoms with E-state index in [1.54, 1.807) is 36.2 Å². The number of oxime groups is 1. The molecule has 0 bridgehead atoms. The summed E-state index contributed by atoms with van der Waals surface area (Å²) in [4.78, 5) is 16.9. The van der Waals surface area contributed by atoms with E-state index < -0.39 is 5.91 Å². The molecule has 108 valence electrons. The molecule has 0 aliphatic rings. The fraction of sp³-hybridized carbons (Fsp3) is 0.0714. The van der Waals surface area contributed by atoms with Crippen molar-refractivity contribution in [2.75, 3.05) is 11.9 Å². The first kappa shape index (κ1) is 14.3. The van der Waals surface area contributed by atoms with E-state index in [1.807, 2.05) is 12.1 Å². The highest BCUT2D eigenvalue weighted by Gasteiger charge is 2.13. The number of rotatable bonds is 4. The van der Waals surface area contributed by atoms with Gasteiger partial charge in [0, 0.05) is 24.5 Å². The molecule has 21 heavy (non-hydrogen) atoms. The van der Waals surface area contributed by atoms with Gasteiger partial charge in [-0.3, -0.25) is 9.78 Å². The Morgan fingerprint density at radius 3 is 2.67 bits per heavy atom. The first-order chi connectivity index (χ1) is 10.0. The fourth-order valence-corrected chi connectivity index (χ4v) is 1.94. The molecule has 1 aromatic heterocycles. The number of benzene rings is 1. The molecule has 0 aliphatic heterocycles. The van der Waals surface area contributed by atoms with E-state index in [0.29, 0.717) is 11.3 Å². The smallest absolute Gasteiger partial charge is 0.267 e. The van der Waals surface area contributed by atoms with Gasteiger partial charge in [-0.05, 0) is 24.3 Å². The zero-order chi connectivity index (χ0) is 15.4. The monoisotopic (exact) mass is 285 g/mol. The van der Waals surface area contributed by atoms with Crippen LogP contribution in [0.3, 0.4) is 0 Å². The first-order valence-electron chi connectivity index (χ1n) is 6.11. The van der Waals surface area contributed by atoms with Crippen molar-refractivity contribution in [3.63, 3.8) is 0 Å². The lowest BCUT2D eigenvalue weighted by Gasteiger charge is -2.22. The summed E-state index contributed by atoms with van der Waals surface area (Å²) in [7, 11) is 1.80. The summed E-state index contributed by atoms with van der Waals surface area (Å²) in [5.41, 5.74) is 13.1. The zero-order valence-corrected chi connectivity index (χ0v) is 11.4. The molecular formula is C14H15N5O2. The Morgan fingerprint density at radius 2 is 2.00 bits per heavy atom. The molecule has 0 saturated carbocycles. The summed E-state index contributed by atoms with van der Waals surface area (Å²) in [6, 6.07) is 10.5. The SMILES string of the molecule is CN(c1ccnc(C(N)=O)c1)c1ccccc1/C(N)=N/O. The van der Waals surface area contributed by atoms with E-state index in [2.05, 4.69) is 10.1 Å². The van der Waals surface area contributed by atoms with Crippen LogP contribution in [0.4, 0.5) is 11.4 Å². The third-order valence-electron chi connectivity index (χ3n) is 3.03. The number of carbonyl (C=O) groups is 1. The van der Waals surface area contributed by atoms with Crippen molar-refractivity contribution >= 4 is 23.1 Å². The van der Waals surface area contributed by atoms with Gasteiger partial charge in [0.15, 0.2) is 5.84 Å². The quantitative estimate of drug-likeness (QED) is 0.336. The summed E-state index contributed by atoms with van der Waals surface area (Å²) < 4.78 is 0. The van der Waals surface area contributed by atoms with Gasteiger partial charge in [0.05, 0.1) is 5.69 Å². The third-order valence-corrected chi connectivity index (χ3v) is 3.03. The van der Waals surface area contributed by atoms with Gasteiger partial charge < -0.3 is 21.6 Å². The van der Waals surface area contributed by atoms with Gasteiger partial charge in [0.1, 0.15) is 5.69 Å². The molecule has 1 amide bonds. The lowest BCUT2D eigenvalue weighted by Crippen LogP contribution is -2.20. The standard InChI is InChI=1S/C14H15N5O2/c1-19(9-6-7-17-11(8-9)14(16)20)12-5-3-2-4-10(12)13(15)18-21/h2-8,21H,1H3,(H2,15,18)(H2,16,20). The second-order valence-corrected chi connectivity index (χ2v) is 4.32. The topological polar surface area (TPSA) is 118 Å². The summed E-state index contributed by atoms with van der Waals surface area (Å²) >= 11 is 0. The predicted molar refractivity (Wildman–Crippen MR) is 79.8 cm³/mol. The van der Waals surface area contributed by atoms with Crippen LogP contribution >= 0.6 is 0 Å². The van der Waals surface area contributed by atoms with Crippen LogP contribution in [0.25, 0.3) is 0 Å². The summed E-state index contributed by atoms with van der Waals surface area (Å²) in [6.07, 6.45) is 1.50. The summed E-state index contributed by atoms with van der Waals surface area (Å²) in [6.45, 7) is 0. The molecule has 0 spiro atoms. The molecular weight excluding hydrogens is 270 g/mol. The van der Waals surface area contributed by atoms with Crippen molar-refractivity contribution in [2.24, 2.45) is 16.6 Å². The van der Waals surface area contributed by atoms with Crippen LogP contribution in [0.5, 0.6) is 0 Å². The van der Waals surface area contributed by atoms with E-state index >= 15 is 0 Å². The van der Waals surface area contributed by atoms with Gasteiger partial charge in [-0.1, -0.05) is 17.3 Å². The molecule has 5 N–H and O–H groups in total. The highest BCUT2D eigenvalue weighted by molar-refractivity contribution is 6.03. The van der Waals surface area contributed by atoms with E-state index in [0.717, 1.165) is 5.69 Å². The summed E-state index contributed by atoms with van der Waals surface area (Å²) in [5.74, 6) is -0.600. The molecule has 0 radical (unpaired) electrons. The largest absolute Gasteiger partial charge is 0.409 e. The third kappa shape index (κ3) is 2.92. The number of hydrogen-bond acceptors (Lipinski definition) is 5. The molecule has 0 unspecified atom stereocenters. The van der Waals surface area contributed by atoms with Crippen LogP contribution < -0.4 is 16.4 Å². The number of primary amides is 1.